The zero-order valence-electron chi connectivity index (χ0n) is 10.1. The number of halogens is 2. The van der Waals surface area contributed by atoms with E-state index in [4.69, 9.17) is 22.1 Å². The number of ether oxygens (including phenoxy) is 1. The number of anilines is 1. The predicted molar refractivity (Wildman–Crippen MR) is 75.8 cm³/mol. The van der Waals surface area contributed by atoms with Gasteiger partial charge in [0, 0.05) is 18.8 Å². The Labute approximate surface area is 119 Å². The van der Waals surface area contributed by atoms with E-state index in [0.29, 0.717) is 23.1 Å². The predicted octanol–water partition coefficient (Wildman–Crippen LogP) is 3.31. The van der Waals surface area contributed by atoms with Crippen LogP contribution in [0, 0.1) is 6.92 Å². The molecule has 0 amide bonds. The number of nitrogens with two attached hydrogens (primary N) is 1. The summed E-state index contributed by atoms with van der Waals surface area (Å²) >= 11 is 9.52. The van der Waals surface area contributed by atoms with Crippen molar-refractivity contribution >= 4 is 33.2 Å². The van der Waals surface area contributed by atoms with Gasteiger partial charge in [-0.3, -0.25) is 4.68 Å². The molecule has 2 aromatic rings. The number of rotatable bonds is 3. The Balaban J connectivity index is 2.19. The Morgan fingerprint density at radius 2 is 2.22 bits per heavy atom. The second-order valence-electron chi connectivity index (χ2n) is 3.95. The maximum atomic E-state index is 6.03. The molecule has 0 aliphatic carbocycles. The van der Waals surface area contributed by atoms with Crippen LogP contribution < -0.4 is 10.5 Å². The molecular weight excluding hydrogens is 318 g/mol. The summed E-state index contributed by atoms with van der Waals surface area (Å²) in [6.07, 6.45) is 0. The smallest absolute Gasteiger partial charge is 0.140 e. The Kier molecular flexibility index (Phi) is 3.82. The summed E-state index contributed by atoms with van der Waals surface area (Å²) in [5, 5.41) is 4.84. The lowest BCUT2D eigenvalue weighted by Crippen LogP contribution is -2.04. The number of hydrogen-bond donors (Lipinski definition) is 1. The monoisotopic (exact) mass is 329 g/mol. The van der Waals surface area contributed by atoms with Crippen molar-refractivity contribution in [3.05, 3.63) is 39.1 Å². The third-order valence-electron chi connectivity index (χ3n) is 2.58. The molecule has 0 spiro atoms. The minimum Gasteiger partial charge on any atom is -0.486 e. The first-order valence-electron chi connectivity index (χ1n) is 5.35. The van der Waals surface area contributed by atoms with Crippen LogP contribution in [0.25, 0.3) is 0 Å². The molecule has 1 aromatic carbocycles. The van der Waals surface area contributed by atoms with Crippen molar-refractivity contribution < 1.29 is 4.74 Å². The van der Waals surface area contributed by atoms with E-state index in [0.717, 1.165) is 15.9 Å². The molecule has 0 atom stereocenters. The fourth-order valence-corrected chi connectivity index (χ4v) is 2.24. The third-order valence-corrected chi connectivity index (χ3v) is 3.93. The van der Waals surface area contributed by atoms with Gasteiger partial charge in [-0.15, -0.1) is 0 Å². The molecule has 0 saturated heterocycles. The zero-order chi connectivity index (χ0) is 13.3. The van der Waals surface area contributed by atoms with E-state index in [9.17, 15) is 0 Å². The molecule has 0 aliphatic rings. The molecule has 0 radical (unpaired) electrons. The lowest BCUT2D eigenvalue weighted by molar-refractivity contribution is 0.294. The van der Waals surface area contributed by atoms with Crippen LogP contribution in [0.3, 0.4) is 0 Å². The lowest BCUT2D eigenvalue weighted by atomic mass is 10.3. The lowest BCUT2D eigenvalue weighted by Gasteiger charge is -2.09. The van der Waals surface area contributed by atoms with Crippen LogP contribution in [-0.2, 0) is 13.7 Å². The maximum absolute atomic E-state index is 6.03. The summed E-state index contributed by atoms with van der Waals surface area (Å²) < 4.78 is 8.40. The second kappa shape index (κ2) is 5.20. The molecule has 0 fully saturated rings. The normalized spacial score (nSPS) is 10.7. The summed E-state index contributed by atoms with van der Waals surface area (Å²) in [5.41, 5.74) is 8.19. The van der Waals surface area contributed by atoms with E-state index < -0.39 is 0 Å². The highest BCUT2D eigenvalue weighted by Crippen LogP contribution is 2.28. The molecule has 6 heteroatoms. The van der Waals surface area contributed by atoms with Gasteiger partial charge in [0.1, 0.15) is 12.4 Å². The topological polar surface area (TPSA) is 53.1 Å². The molecule has 0 saturated carbocycles. The quantitative estimate of drug-likeness (QED) is 0.879. The minimum atomic E-state index is 0.376. The largest absolute Gasteiger partial charge is 0.486 e. The standard InChI is InChI=1S/C12H13BrClN3O/c1-7-12(13)10(17(2)16-7)6-18-11-5-8(15)3-4-9(11)14/h3-5H,6,15H2,1-2H3. The van der Waals surface area contributed by atoms with Crippen molar-refractivity contribution in [1.29, 1.82) is 0 Å². The highest BCUT2D eigenvalue weighted by Gasteiger charge is 2.12. The van der Waals surface area contributed by atoms with E-state index in [1.54, 1.807) is 22.9 Å². The Bertz CT molecular complexity index is 583. The molecule has 1 aromatic heterocycles. The van der Waals surface area contributed by atoms with Gasteiger partial charge < -0.3 is 10.5 Å². The average Bonchev–Trinajstić information content (AvgIpc) is 2.55. The van der Waals surface area contributed by atoms with Gasteiger partial charge in [-0.05, 0) is 35.0 Å². The van der Waals surface area contributed by atoms with Gasteiger partial charge in [-0.2, -0.15) is 5.10 Å². The summed E-state index contributed by atoms with van der Waals surface area (Å²) in [4.78, 5) is 0. The maximum Gasteiger partial charge on any atom is 0.140 e. The fourth-order valence-electron chi connectivity index (χ4n) is 1.61. The van der Waals surface area contributed by atoms with Gasteiger partial charge in [0.15, 0.2) is 0 Å². The molecule has 0 aliphatic heterocycles. The summed E-state index contributed by atoms with van der Waals surface area (Å²) in [6, 6.07) is 5.16. The van der Waals surface area contributed by atoms with Gasteiger partial charge in [0.2, 0.25) is 0 Å². The van der Waals surface area contributed by atoms with E-state index >= 15 is 0 Å². The molecular formula is C12H13BrClN3O. The molecule has 2 N–H and O–H groups in total. The van der Waals surface area contributed by atoms with Crippen molar-refractivity contribution in [2.24, 2.45) is 7.05 Å². The van der Waals surface area contributed by atoms with E-state index in [1.807, 2.05) is 14.0 Å². The first-order chi connectivity index (χ1) is 8.49. The first kappa shape index (κ1) is 13.2. The average molecular weight is 331 g/mol. The Morgan fingerprint density at radius 1 is 1.50 bits per heavy atom. The molecule has 0 unspecified atom stereocenters. The zero-order valence-corrected chi connectivity index (χ0v) is 12.4. The molecule has 96 valence electrons. The number of hydrogen-bond acceptors (Lipinski definition) is 3. The summed E-state index contributed by atoms with van der Waals surface area (Å²) in [7, 11) is 1.87. The van der Waals surface area contributed by atoms with Crippen LogP contribution in [0.4, 0.5) is 5.69 Å². The first-order valence-corrected chi connectivity index (χ1v) is 6.52. The number of nitrogen functional groups attached to an aromatic ring is 1. The fraction of sp³-hybridized carbons (Fsp3) is 0.250. The third kappa shape index (κ3) is 2.62. The number of aryl methyl sites for hydroxylation is 2. The van der Waals surface area contributed by atoms with Crippen LogP contribution in [-0.4, -0.2) is 9.78 Å². The summed E-state index contributed by atoms with van der Waals surface area (Å²) in [5.74, 6) is 0.572. The van der Waals surface area contributed by atoms with Gasteiger partial charge in [-0.1, -0.05) is 11.6 Å². The minimum absolute atomic E-state index is 0.376. The van der Waals surface area contributed by atoms with Gasteiger partial charge in [0.25, 0.3) is 0 Å². The molecule has 18 heavy (non-hydrogen) atoms. The van der Waals surface area contributed by atoms with Crippen LogP contribution in [0.5, 0.6) is 5.75 Å². The molecule has 1 heterocycles. The molecule has 0 bridgehead atoms. The highest BCUT2D eigenvalue weighted by molar-refractivity contribution is 9.10. The van der Waals surface area contributed by atoms with Gasteiger partial charge >= 0.3 is 0 Å². The van der Waals surface area contributed by atoms with E-state index in [1.165, 1.54) is 0 Å². The summed E-state index contributed by atoms with van der Waals surface area (Å²) in [6.45, 7) is 2.31. The Morgan fingerprint density at radius 3 is 2.83 bits per heavy atom. The van der Waals surface area contributed by atoms with E-state index in [2.05, 4.69) is 21.0 Å². The van der Waals surface area contributed by atoms with Crippen molar-refractivity contribution in [3.63, 3.8) is 0 Å². The highest BCUT2D eigenvalue weighted by atomic mass is 79.9. The van der Waals surface area contributed by atoms with Crippen LogP contribution >= 0.6 is 27.5 Å². The second-order valence-corrected chi connectivity index (χ2v) is 5.15. The van der Waals surface area contributed by atoms with Crippen LogP contribution in [0.2, 0.25) is 5.02 Å². The number of nitrogens with zero attached hydrogens (tertiary/aromatic N) is 2. The van der Waals surface area contributed by atoms with Crippen molar-refractivity contribution in [2.75, 3.05) is 5.73 Å². The molecule has 2 rings (SSSR count). The number of benzene rings is 1. The Hall–Kier alpha value is -1.20. The number of aromatic nitrogens is 2. The van der Waals surface area contributed by atoms with Crippen molar-refractivity contribution in [3.8, 4) is 5.75 Å². The van der Waals surface area contributed by atoms with Gasteiger partial charge in [0.05, 0.1) is 20.9 Å². The van der Waals surface area contributed by atoms with Gasteiger partial charge in [-0.25, -0.2) is 0 Å². The molecule has 4 nitrogen and oxygen atoms in total. The SMILES string of the molecule is Cc1nn(C)c(COc2cc(N)ccc2Cl)c1Br. The van der Waals surface area contributed by atoms with Crippen molar-refractivity contribution in [1.82, 2.24) is 9.78 Å². The van der Waals surface area contributed by atoms with Crippen LogP contribution in [0.1, 0.15) is 11.4 Å². The van der Waals surface area contributed by atoms with Crippen LogP contribution in [0.15, 0.2) is 22.7 Å². The van der Waals surface area contributed by atoms with E-state index in [-0.39, 0.29) is 0 Å². The van der Waals surface area contributed by atoms with Crippen molar-refractivity contribution in [2.45, 2.75) is 13.5 Å².